The summed E-state index contributed by atoms with van der Waals surface area (Å²) in [5.41, 5.74) is 2.10. The Labute approximate surface area is 108 Å². The molecule has 18 heavy (non-hydrogen) atoms. The van der Waals surface area contributed by atoms with Crippen molar-refractivity contribution in [3.8, 4) is 0 Å². The summed E-state index contributed by atoms with van der Waals surface area (Å²) in [7, 11) is 0. The molecule has 1 heterocycles. The molecule has 1 N–H and O–H groups in total. The van der Waals surface area contributed by atoms with Crippen LogP contribution in [-0.2, 0) is 17.6 Å². The zero-order valence-corrected chi connectivity index (χ0v) is 10.4. The molecule has 0 radical (unpaired) electrons. The van der Waals surface area contributed by atoms with E-state index >= 15 is 0 Å². The topological polar surface area (TPSA) is 50.2 Å². The van der Waals surface area contributed by atoms with Gasteiger partial charge < -0.3 is 5.11 Å². The molecule has 0 spiro atoms. The number of carboxylic acid groups (broad SMARTS) is 1. The van der Waals surface area contributed by atoms with Crippen LogP contribution in [0.2, 0.25) is 0 Å². The number of carboxylic acids is 1. The highest BCUT2D eigenvalue weighted by atomic mass is 32.1. The molecule has 1 atom stereocenters. The monoisotopic (exact) mass is 265 g/mol. The molecule has 0 aliphatic carbocycles. The Morgan fingerprint density at radius 3 is 2.78 bits per heavy atom. The fraction of sp³-hybridized carbons (Fsp3) is 0.231. The molecule has 2 rings (SSSR count). The van der Waals surface area contributed by atoms with Crippen LogP contribution in [0, 0.1) is 11.7 Å². The summed E-state index contributed by atoms with van der Waals surface area (Å²) in [5, 5.41) is 9.19. The molecule has 0 bridgehead atoms. The third-order valence-electron chi connectivity index (χ3n) is 2.70. The van der Waals surface area contributed by atoms with Crippen LogP contribution in [0.4, 0.5) is 4.39 Å². The first-order valence-corrected chi connectivity index (χ1v) is 6.38. The third-order valence-corrected chi connectivity index (χ3v) is 3.51. The molecule has 2 aromatic rings. The van der Waals surface area contributed by atoms with Gasteiger partial charge in [-0.3, -0.25) is 9.78 Å². The number of aromatic nitrogens is 1. The smallest absolute Gasteiger partial charge is 0.307 e. The van der Waals surface area contributed by atoms with Gasteiger partial charge in [-0.05, 0) is 24.5 Å². The van der Waals surface area contributed by atoms with E-state index in [0.717, 1.165) is 4.88 Å². The molecule has 3 nitrogen and oxygen atoms in total. The van der Waals surface area contributed by atoms with Crippen molar-refractivity contribution in [2.75, 3.05) is 0 Å². The molecule has 0 amide bonds. The van der Waals surface area contributed by atoms with E-state index in [4.69, 9.17) is 0 Å². The summed E-state index contributed by atoms with van der Waals surface area (Å²) < 4.78 is 13.5. The van der Waals surface area contributed by atoms with Crippen molar-refractivity contribution in [3.63, 3.8) is 0 Å². The van der Waals surface area contributed by atoms with Gasteiger partial charge in [0.2, 0.25) is 0 Å². The van der Waals surface area contributed by atoms with Crippen molar-refractivity contribution < 1.29 is 14.3 Å². The maximum atomic E-state index is 13.5. The zero-order valence-electron chi connectivity index (χ0n) is 9.54. The Morgan fingerprint density at radius 1 is 1.39 bits per heavy atom. The highest BCUT2D eigenvalue weighted by Crippen LogP contribution is 2.19. The first-order chi connectivity index (χ1) is 8.66. The SMILES string of the molecule is O=C(O)C(Cc1cncs1)Cc1ccccc1F. The molecule has 0 saturated carbocycles. The summed E-state index contributed by atoms with van der Waals surface area (Å²) in [6.45, 7) is 0. The van der Waals surface area contributed by atoms with Crippen LogP contribution in [-0.4, -0.2) is 16.1 Å². The van der Waals surface area contributed by atoms with E-state index in [1.165, 1.54) is 17.4 Å². The predicted molar refractivity (Wildman–Crippen MR) is 67.0 cm³/mol. The Balaban J connectivity index is 2.12. The van der Waals surface area contributed by atoms with E-state index < -0.39 is 11.9 Å². The summed E-state index contributed by atoms with van der Waals surface area (Å²) in [6.07, 6.45) is 2.23. The average molecular weight is 265 g/mol. The van der Waals surface area contributed by atoms with Crippen LogP contribution < -0.4 is 0 Å². The lowest BCUT2D eigenvalue weighted by Crippen LogP contribution is -2.19. The van der Waals surface area contributed by atoms with Crippen molar-refractivity contribution in [3.05, 3.63) is 52.2 Å². The molecule has 0 aliphatic rings. The maximum Gasteiger partial charge on any atom is 0.307 e. The van der Waals surface area contributed by atoms with Crippen LogP contribution in [0.3, 0.4) is 0 Å². The molecule has 1 unspecified atom stereocenters. The molecule has 1 aromatic carbocycles. The lowest BCUT2D eigenvalue weighted by molar-refractivity contribution is -0.141. The number of thiazole rings is 1. The second-order valence-electron chi connectivity index (χ2n) is 4.00. The lowest BCUT2D eigenvalue weighted by atomic mass is 9.95. The van der Waals surface area contributed by atoms with Crippen molar-refractivity contribution in [2.45, 2.75) is 12.8 Å². The fourth-order valence-corrected chi connectivity index (χ4v) is 2.44. The number of rotatable bonds is 5. The second-order valence-corrected chi connectivity index (χ2v) is 4.97. The lowest BCUT2D eigenvalue weighted by Gasteiger charge is -2.11. The van der Waals surface area contributed by atoms with Gasteiger partial charge >= 0.3 is 5.97 Å². The standard InChI is InChI=1S/C13H12FNO2S/c14-12-4-2-1-3-9(12)5-10(13(16)17)6-11-7-15-8-18-11/h1-4,7-8,10H,5-6H2,(H,16,17). The largest absolute Gasteiger partial charge is 0.481 e. The van der Waals surface area contributed by atoms with Crippen LogP contribution in [0.25, 0.3) is 0 Å². The first kappa shape index (κ1) is 12.7. The Bertz CT molecular complexity index is 528. The van der Waals surface area contributed by atoms with E-state index in [1.54, 1.807) is 29.9 Å². The Hall–Kier alpha value is -1.75. The molecule has 1 aromatic heterocycles. The van der Waals surface area contributed by atoms with Gasteiger partial charge in [0, 0.05) is 11.1 Å². The van der Waals surface area contributed by atoms with Gasteiger partial charge in [-0.1, -0.05) is 18.2 Å². The number of hydrogen-bond acceptors (Lipinski definition) is 3. The quantitative estimate of drug-likeness (QED) is 0.904. The van der Waals surface area contributed by atoms with Crippen LogP contribution >= 0.6 is 11.3 Å². The van der Waals surface area contributed by atoms with Gasteiger partial charge in [-0.15, -0.1) is 11.3 Å². The minimum atomic E-state index is -0.911. The van der Waals surface area contributed by atoms with E-state index in [1.807, 2.05) is 0 Å². The fourth-order valence-electron chi connectivity index (χ4n) is 1.76. The number of carbonyl (C=O) groups is 1. The average Bonchev–Trinajstić information content (AvgIpc) is 2.83. The van der Waals surface area contributed by atoms with Gasteiger partial charge in [-0.25, -0.2) is 4.39 Å². The molecule has 0 fully saturated rings. The molecular weight excluding hydrogens is 253 g/mol. The molecule has 0 aliphatic heterocycles. The maximum absolute atomic E-state index is 13.5. The Kier molecular flexibility index (Phi) is 4.04. The van der Waals surface area contributed by atoms with Crippen LogP contribution in [0.5, 0.6) is 0 Å². The number of nitrogens with zero attached hydrogens (tertiary/aromatic N) is 1. The minimum absolute atomic E-state index is 0.194. The first-order valence-electron chi connectivity index (χ1n) is 5.50. The third kappa shape index (κ3) is 3.13. The van der Waals surface area contributed by atoms with Crippen LogP contribution in [0.1, 0.15) is 10.4 Å². The highest BCUT2D eigenvalue weighted by Gasteiger charge is 2.20. The van der Waals surface area contributed by atoms with Gasteiger partial charge in [0.15, 0.2) is 0 Å². The summed E-state index contributed by atoms with van der Waals surface area (Å²) in [6, 6.07) is 6.28. The Morgan fingerprint density at radius 2 is 2.17 bits per heavy atom. The van der Waals surface area contributed by atoms with Crippen molar-refractivity contribution in [1.82, 2.24) is 4.98 Å². The van der Waals surface area contributed by atoms with E-state index in [2.05, 4.69) is 4.98 Å². The minimum Gasteiger partial charge on any atom is -0.481 e. The van der Waals surface area contributed by atoms with E-state index in [-0.39, 0.29) is 12.2 Å². The highest BCUT2D eigenvalue weighted by molar-refractivity contribution is 7.09. The number of aliphatic carboxylic acids is 1. The second kappa shape index (κ2) is 5.73. The van der Waals surface area contributed by atoms with E-state index in [0.29, 0.717) is 12.0 Å². The number of benzene rings is 1. The summed E-state index contributed by atoms with van der Waals surface area (Å²) in [5.74, 6) is -1.89. The molecule has 0 saturated heterocycles. The van der Waals surface area contributed by atoms with Gasteiger partial charge in [-0.2, -0.15) is 0 Å². The molecular formula is C13H12FNO2S. The normalized spacial score (nSPS) is 12.3. The zero-order chi connectivity index (χ0) is 13.0. The van der Waals surface area contributed by atoms with E-state index in [9.17, 15) is 14.3 Å². The van der Waals surface area contributed by atoms with Gasteiger partial charge in [0.1, 0.15) is 5.82 Å². The van der Waals surface area contributed by atoms with Gasteiger partial charge in [0.05, 0.1) is 11.4 Å². The summed E-state index contributed by atoms with van der Waals surface area (Å²) >= 11 is 1.42. The van der Waals surface area contributed by atoms with Gasteiger partial charge in [0.25, 0.3) is 0 Å². The number of halogens is 1. The summed E-state index contributed by atoms with van der Waals surface area (Å²) in [4.78, 5) is 16.0. The van der Waals surface area contributed by atoms with Crippen molar-refractivity contribution in [2.24, 2.45) is 5.92 Å². The van der Waals surface area contributed by atoms with Crippen LogP contribution in [0.15, 0.2) is 36.0 Å². The molecule has 94 valence electrons. The van der Waals surface area contributed by atoms with Crippen molar-refractivity contribution >= 4 is 17.3 Å². The molecule has 5 heteroatoms. The van der Waals surface area contributed by atoms with Crippen molar-refractivity contribution in [1.29, 1.82) is 0 Å². The number of hydrogen-bond donors (Lipinski definition) is 1. The predicted octanol–water partition coefficient (Wildman–Crippen LogP) is 2.77.